The van der Waals surface area contributed by atoms with Gasteiger partial charge in [0.15, 0.2) is 0 Å². The van der Waals surface area contributed by atoms with Crippen LogP contribution in [0, 0.1) is 17.8 Å². The molecule has 0 spiro atoms. The summed E-state index contributed by atoms with van der Waals surface area (Å²) in [5, 5.41) is 20.0. The number of carbonyl (C=O) groups excluding carboxylic acids is 1. The van der Waals surface area contributed by atoms with Gasteiger partial charge in [0.05, 0.1) is 5.92 Å². The first kappa shape index (κ1) is 12.4. The van der Waals surface area contributed by atoms with Gasteiger partial charge >= 0.3 is 11.9 Å². The van der Waals surface area contributed by atoms with E-state index in [0.29, 0.717) is 0 Å². The Morgan fingerprint density at radius 2 is 1.94 bits per heavy atom. The molecule has 0 saturated heterocycles. The number of carboxylic acid groups (broad SMARTS) is 2. The Hall–Kier alpha value is -1.63. The standard InChI is InChI=1S/C9H14N2O5/c1-3(12)11-2-4-5(6(4)8(13)14)7(10)9(15)16/h4-7H,2,10H2,1H3,(H,11,12)(H,13,14)(H,15,16)/t4?,5?,6?,7-/m0/s1. The lowest BCUT2D eigenvalue weighted by atomic mass is 10.1. The van der Waals surface area contributed by atoms with Crippen molar-refractivity contribution in [2.75, 3.05) is 6.54 Å². The van der Waals surface area contributed by atoms with Crippen LogP contribution in [-0.2, 0) is 14.4 Å². The predicted molar refractivity (Wildman–Crippen MR) is 52.4 cm³/mol. The van der Waals surface area contributed by atoms with Crippen LogP contribution >= 0.6 is 0 Å². The van der Waals surface area contributed by atoms with Gasteiger partial charge in [0.25, 0.3) is 0 Å². The van der Waals surface area contributed by atoms with Crippen LogP contribution in [-0.4, -0.2) is 40.6 Å². The average Bonchev–Trinajstić information content (AvgIpc) is 2.87. The largest absolute Gasteiger partial charge is 0.481 e. The van der Waals surface area contributed by atoms with Crippen molar-refractivity contribution in [3.05, 3.63) is 0 Å². The fourth-order valence-corrected chi connectivity index (χ4v) is 1.93. The molecule has 1 aliphatic carbocycles. The third-order valence-electron chi connectivity index (χ3n) is 2.80. The molecule has 1 aliphatic rings. The van der Waals surface area contributed by atoms with Gasteiger partial charge in [-0.25, -0.2) is 0 Å². The quantitative estimate of drug-likeness (QED) is 0.454. The zero-order chi connectivity index (χ0) is 12.5. The van der Waals surface area contributed by atoms with Crippen LogP contribution in [0.15, 0.2) is 0 Å². The molecule has 0 aromatic carbocycles. The minimum Gasteiger partial charge on any atom is -0.481 e. The van der Waals surface area contributed by atoms with Crippen molar-refractivity contribution in [3.8, 4) is 0 Å². The van der Waals surface area contributed by atoms with Crippen molar-refractivity contribution in [1.29, 1.82) is 0 Å². The Bertz CT molecular complexity index is 330. The van der Waals surface area contributed by atoms with Crippen molar-refractivity contribution >= 4 is 17.8 Å². The Morgan fingerprint density at radius 3 is 2.31 bits per heavy atom. The molecular weight excluding hydrogens is 216 g/mol. The second-order valence-electron chi connectivity index (χ2n) is 3.91. The number of rotatable bonds is 5. The van der Waals surface area contributed by atoms with E-state index in [1.54, 1.807) is 0 Å². The minimum absolute atomic E-state index is 0.151. The van der Waals surface area contributed by atoms with Gasteiger partial charge in [0.2, 0.25) is 5.91 Å². The van der Waals surface area contributed by atoms with Crippen LogP contribution in [0.1, 0.15) is 6.92 Å². The number of carbonyl (C=O) groups is 3. The summed E-state index contributed by atoms with van der Waals surface area (Å²) in [4.78, 5) is 32.1. The van der Waals surface area contributed by atoms with Crippen LogP contribution in [0.25, 0.3) is 0 Å². The first-order valence-electron chi connectivity index (χ1n) is 4.82. The third kappa shape index (κ3) is 2.48. The molecule has 1 amide bonds. The number of nitrogens with one attached hydrogen (secondary N) is 1. The highest BCUT2D eigenvalue weighted by molar-refractivity contribution is 5.80. The maximum Gasteiger partial charge on any atom is 0.320 e. The van der Waals surface area contributed by atoms with Crippen molar-refractivity contribution in [3.63, 3.8) is 0 Å². The third-order valence-corrected chi connectivity index (χ3v) is 2.80. The van der Waals surface area contributed by atoms with Gasteiger partial charge in [-0.15, -0.1) is 0 Å². The molecule has 7 nitrogen and oxygen atoms in total. The monoisotopic (exact) mass is 230 g/mol. The number of aliphatic carboxylic acids is 2. The molecule has 0 aliphatic heterocycles. The minimum atomic E-state index is -1.22. The Balaban J connectivity index is 2.60. The highest BCUT2D eigenvalue weighted by atomic mass is 16.4. The molecule has 1 saturated carbocycles. The van der Waals surface area contributed by atoms with E-state index in [-0.39, 0.29) is 12.5 Å². The van der Waals surface area contributed by atoms with E-state index in [2.05, 4.69) is 5.32 Å². The smallest absolute Gasteiger partial charge is 0.320 e. The fourth-order valence-electron chi connectivity index (χ4n) is 1.93. The zero-order valence-corrected chi connectivity index (χ0v) is 8.71. The van der Waals surface area contributed by atoms with E-state index in [4.69, 9.17) is 15.9 Å². The molecule has 7 heteroatoms. The van der Waals surface area contributed by atoms with E-state index >= 15 is 0 Å². The second kappa shape index (κ2) is 4.48. The molecule has 3 unspecified atom stereocenters. The van der Waals surface area contributed by atoms with Crippen molar-refractivity contribution < 1.29 is 24.6 Å². The zero-order valence-electron chi connectivity index (χ0n) is 8.71. The van der Waals surface area contributed by atoms with Gasteiger partial charge < -0.3 is 21.3 Å². The molecule has 90 valence electrons. The van der Waals surface area contributed by atoms with E-state index in [9.17, 15) is 14.4 Å². The summed E-state index contributed by atoms with van der Waals surface area (Å²) >= 11 is 0. The lowest BCUT2D eigenvalue weighted by Gasteiger charge is -2.04. The molecule has 1 rings (SSSR count). The van der Waals surface area contributed by atoms with Crippen LogP contribution in [0.5, 0.6) is 0 Å². The molecule has 4 atom stereocenters. The first-order valence-corrected chi connectivity index (χ1v) is 4.82. The van der Waals surface area contributed by atoms with Gasteiger partial charge in [-0.3, -0.25) is 14.4 Å². The van der Waals surface area contributed by atoms with Crippen LogP contribution in [0.2, 0.25) is 0 Å². The number of amides is 1. The summed E-state index contributed by atoms with van der Waals surface area (Å²) in [5.41, 5.74) is 5.37. The summed E-state index contributed by atoms with van der Waals surface area (Å²) in [7, 11) is 0. The number of hydrogen-bond donors (Lipinski definition) is 4. The van der Waals surface area contributed by atoms with E-state index in [0.717, 1.165) is 0 Å². The number of carboxylic acids is 2. The summed E-state index contributed by atoms with van der Waals surface area (Å²) in [6.07, 6.45) is 0. The van der Waals surface area contributed by atoms with Crippen molar-refractivity contribution in [1.82, 2.24) is 5.32 Å². The summed E-state index contributed by atoms with van der Waals surface area (Å²) in [6.45, 7) is 1.46. The topological polar surface area (TPSA) is 130 Å². The highest BCUT2D eigenvalue weighted by Gasteiger charge is 2.59. The van der Waals surface area contributed by atoms with Gasteiger partial charge in [-0.05, 0) is 5.92 Å². The lowest BCUT2D eigenvalue weighted by molar-refractivity contribution is -0.140. The SMILES string of the molecule is CC(=O)NCC1C(C(=O)O)C1[C@H](N)C(=O)O. The lowest BCUT2D eigenvalue weighted by Crippen LogP contribution is -2.34. The molecule has 5 N–H and O–H groups in total. The van der Waals surface area contributed by atoms with Crippen molar-refractivity contribution in [2.24, 2.45) is 23.5 Å². The van der Waals surface area contributed by atoms with E-state index in [1.807, 2.05) is 0 Å². The van der Waals surface area contributed by atoms with Crippen LogP contribution in [0.4, 0.5) is 0 Å². The molecule has 0 aromatic heterocycles. The maximum atomic E-state index is 10.8. The molecule has 16 heavy (non-hydrogen) atoms. The van der Waals surface area contributed by atoms with Gasteiger partial charge in [-0.1, -0.05) is 0 Å². The van der Waals surface area contributed by atoms with Gasteiger partial charge in [0.1, 0.15) is 6.04 Å². The highest BCUT2D eigenvalue weighted by Crippen LogP contribution is 2.47. The summed E-state index contributed by atoms with van der Waals surface area (Å²) < 4.78 is 0. The van der Waals surface area contributed by atoms with Crippen LogP contribution in [0.3, 0.4) is 0 Å². The Morgan fingerprint density at radius 1 is 1.38 bits per heavy atom. The molecule has 0 radical (unpaired) electrons. The van der Waals surface area contributed by atoms with Crippen molar-refractivity contribution in [2.45, 2.75) is 13.0 Å². The second-order valence-corrected chi connectivity index (χ2v) is 3.91. The van der Waals surface area contributed by atoms with Crippen LogP contribution < -0.4 is 11.1 Å². The molecular formula is C9H14N2O5. The van der Waals surface area contributed by atoms with E-state index < -0.39 is 35.7 Å². The molecule has 0 heterocycles. The molecule has 0 bridgehead atoms. The average molecular weight is 230 g/mol. The van der Waals surface area contributed by atoms with Gasteiger partial charge in [0, 0.05) is 19.4 Å². The molecule has 0 aromatic rings. The maximum absolute atomic E-state index is 10.8. The predicted octanol–water partition coefficient (Wildman–Crippen LogP) is -1.52. The number of hydrogen-bond acceptors (Lipinski definition) is 4. The molecule has 1 fully saturated rings. The van der Waals surface area contributed by atoms with E-state index in [1.165, 1.54) is 6.92 Å². The summed E-state index contributed by atoms with van der Waals surface area (Å²) in [5.74, 6) is -4.36. The Labute approximate surface area is 91.6 Å². The van der Waals surface area contributed by atoms with Gasteiger partial charge in [-0.2, -0.15) is 0 Å². The normalized spacial score (nSPS) is 29.2. The fraction of sp³-hybridized carbons (Fsp3) is 0.667. The Kier molecular flexibility index (Phi) is 3.48. The summed E-state index contributed by atoms with van der Waals surface area (Å²) in [6, 6.07) is -1.19. The number of nitrogens with two attached hydrogens (primary N) is 1. The first-order chi connectivity index (χ1) is 7.36.